The normalized spacial score (nSPS) is 16.2. The van der Waals surface area contributed by atoms with Crippen LogP contribution in [0.5, 0.6) is 0 Å². The summed E-state index contributed by atoms with van der Waals surface area (Å²) in [6, 6.07) is 9.75. The number of sulfonamides is 1. The van der Waals surface area contributed by atoms with Crippen LogP contribution in [-0.4, -0.2) is 41.4 Å². The van der Waals surface area contributed by atoms with Gasteiger partial charge in [0, 0.05) is 18.8 Å². The molecule has 0 radical (unpaired) electrons. The van der Waals surface area contributed by atoms with Crippen LogP contribution in [0.25, 0.3) is 0 Å². The zero-order chi connectivity index (χ0) is 19.5. The Balaban J connectivity index is 1.80. The molecule has 0 saturated heterocycles. The van der Waals surface area contributed by atoms with Gasteiger partial charge in [-0.2, -0.15) is 14.7 Å². The molecule has 1 fully saturated rings. The Morgan fingerprint density at radius 3 is 2.74 bits per heavy atom. The van der Waals surface area contributed by atoms with E-state index in [0.717, 1.165) is 12.8 Å². The molecule has 8 nitrogen and oxygen atoms in total. The lowest BCUT2D eigenvalue weighted by molar-refractivity contribution is 0.0920. The summed E-state index contributed by atoms with van der Waals surface area (Å²) in [5.74, 6) is -0.438. The van der Waals surface area contributed by atoms with Gasteiger partial charge in [0.25, 0.3) is 5.91 Å². The Labute approximate surface area is 158 Å². The van der Waals surface area contributed by atoms with Gasteiger partial charge in [-0.15, -0.1) is 0 Å². The van der Waals surface area contributed by atoms with E-state index < -0.39 is 21.5 Å². The van der Waals surface area contributed by atoms with Gasteiger partial charge >= 0.3 is 0 Å². The summed E-state index contributed by atoms with van der Waals surface area (Å²) < 4.78 is 26.8. The fourth-order valence-electron chi connectivity index (χ4n) is 3.21. The number of nitrogens with one attached hydrogen (secondary N) is 2. The second kappa shape index (κ2) is 7.50. The molecule has 142 valence electrons. The number of rotatable bonds is 6. The van der Waals surface area contributed by atoms with Crippen molar-refractivity contribution in [3.05, 3.63) is 47.8 Å². The van der Waals surface area contributed by atoms with Gasteiger partial charge in [-0.25, -0.2) is 8.42 Å². The molecule has 1 aromatic carbocycles. The van der Waals surface area contributed by atoms with E-state index in [0.29, 0.717) is 18.5 Å². The molecule has 0 aliphatic heterocycles. The topological polar surface area (TPSA) is 119 Å². The predicted octanol–water partition coefficient (Wildman–Crippen LogP) is 1.80. The summed E-state index contributed by atoms with van der Waals surface area (Å²) >= 11 is 0. The van der Waals surface area contributed by atoms with Crippen LogP contribution in [0, 0.1) is 11.3 Å². The highest BCUT2D eigenvalue weighted by atomic mass is 32.2. The van der Waals surface area contributed by atoms with Crippen molar-refractivity contribution in [2.45, 2.75) is 42.7 Å². The first-order valence-corrected chi connectivity index (χ1v) is 10.1. The van der Waals surface area contributed by atoms with Crippen LogP contribution in [0.15, 0.2) is 41.4 Å². The summed E-state index contributed by atoms with van der Waals surface area (Å²) in [5.41, 5.74) is 0.0170. The third-order valence-corrected chi connectivity index (χ3v) is 6.58. The van der Waals surface area contributed by atoms with E-state index in [4.69, 9.17) is 0 Å². The highest BCUT2D eigenvalue weighted by Crippen LogP contribution is 2.29. The summed E-state index contributed by atoms with van der Waals surface area (Å²) in [7, 11) is -2.31. The number of H-pyrrole nitrogens is 1. The zero-order valence-corrected chi connectivity index (χ0v) is 15.8. The smallest absolute Gasteiger partial charge is 0.252 e. The third kappa shape index (κ3) is 4.02. The fourth-order valence-corrected chi connectivity index (χ4v) is 4.40. The van der Waals surface area contributed by atoms with Crippen molar-refractivity contribution >= 4 is 15.9 Å². The molecule has 1 aliphatic carbocycles. The van der Waals surface area contributed by atoms with Crippen molar-refractivity contribution in [3.63, 3.8) is 0 Å². The van der Waals surface area contributed by atoms with Gasteiger partial charge in [0.15, 0.2) is 0 Å². The van der Waals surface area contributed by atoms with Crippen LogP contribution >= 0.6 is 0 Å². The minimum absolute atomic E-state index is 0.0228. The molecule has 1 aliphatic rings. The van der Waals surface area contributed by atoms with Gasteiger partial charge in [-0.3, -0.25) is 9.89 Å². The number of aromatic amines is 1. The Morgan fingerprint density at radius 2 is 2.11 bits per heavy atom. The van der Waals surface area contributed by atoms with Crippen LogP contribution in [0.2, 0.25) is 0 Å². The number of aromatic nitrogens is 2. The minimum Gasteiger partial charge on any atom is -0.334 e. The van der Waals surface area contributed by atoms with Crippen LogP contribution in [-0.2, 0) is 16.6 Å². The summed E-state index contributed by atoms with van der Waals surface area (Å²) in [6.45, 7) is 0.135. The van der Waals surface area contributed by atoms with E-state index in [2.05, 4.69) is 21.6 Å². The average Bonchev–Trinajstić information content (AvgIpc) is 3.34. The standard InChI is InChI=1S/C18H21N5O3S/c1-23(12-15-7-10-20-22-15)27(25,26)16-6-4-5-14(11-16)17(24)21-18(13-19)8-2-3-9-18/h4-7,10-11H,2-3,8-9,12H2,1H3,(H,20,22)(H,21,24). The lowest BCUT2D eigenvalue weighted by Gasteiger charge is -2.22. The van der Waals surface area contributed by atoms with E-state index in [1.807, 2.05) is 0 Å². The second-order valence-corrected chi connectivity index (χ2v) is 8.77. The summed E-state index contributed by atoms with van der Waals surface area (Å²) in [4.78, 5) is 12.6. The molecule has 2 aromatic rings. The number of carbonyl (C=O) groups excluding carboxylic acids is 1. The maximum Gasteiger partial charge on any atom is 0.252 e. The molecule has 0 unspecified atom stereocenters. The number of benzene rings is 1. The summed E-state index contributed by atoms with van der Waals surface area (Å²) in [6.07, 6.45) is 4.55. The van der Waals surface area contributed by atoms with Crippen molar-refractivity contribution in [2.24, 2.45) is 0 Å². The summed E-state index contributed by atoms with van der Waals surface area (Å²) in [5, 5.41) is 18.7. The number of carbonyl (C=O) groups is 1. The molecule has 27 heavy (non-hydrogen) atoms. The van der Waals surface area contributed by atoms with Gasteiger partial charge in [0.05, 0.1) is 23.2 Å². The maximum absolute atomic E-state index is 12.8. The van der Waals surface area contributed by atoms with Crippen molar-refractivity contribution in [2.75, 3.05) is 7.05 Å². The van der Waals surface area contributed by atoms with Crippen molar-refractivity contribution in [1.29, 1.82) is 5.26 Å². The van der Waals surface area contributed by atoms with Crippen LogP contribution < -0.4 is 5.32 Å². The SMILES string of the molecule is CN(Cc1ccn[nH]1)S(=O)(=O)c1cccc(C(=O)NC2(C#N)CCCC2)c1. The molecule has 1 amide bonds. The lowest BCUT2D eigenvalue weighted by Crippen LogP contribution is -2.45. The molecule has 1 heterocycles. The lowest BCUT2D eigenvalue weighted by atomic mass is 9.99. The maximum atomic E-state index is 12.8. The van der Waals surface area contributed by atoms with Crippen molar-refractivity contribution < 1.29 is 13.2 Å². The molecule has 0 atom stereocenters. The van der Waals surface area contributed by atoms with Gasteiger partial charge in [-0.1, -0.05) is 6.07 Å². The number of nitrogens with zero attached hydrogens (tertiary/aromatic N) is 3. The molecule has 0 bridgehead atoms. The first-order chi connectivity index (χ1) is 12.9. The van der Waals surface area contributed by atoms with E-state index in [1.165, 1.54) is 29.6 Å². The Kier molecular flexibility index (Phi) is 5.30. The first kappa shape index (κ1) is 19.1. The number of hydrogen-bond acceptors (Lipinski definition) is 5. The molecule has 1 aromatic heterocycles. The fraction of sp³-hybridized carbons (Fsp3) is 0.389. The molecule has 9 heteroatoms. The quantitative estimate of drug-likeness (QED) is 0.783. The number of amides is 1. The zero-order valence-electron chi connectivity index (χ0n) is 15.0. The highest BCUT2D eigenvalue weighted by Gasteiger charge is 2.35. The first-order valence-electron chi connectivity index (χ1n) is 8.65. The molecule has 3 rings (SSSR count). The Morgan fingerprint density at radius 1 is 1.37 bits per heavy atom. The van der Waals surface area contributed by atoms with Crippen LogP contribution in [0.1, 0.15) is 41.7 Å². The van der Waals surface area contributed by atoms with E-state index in [9.17, 15) is 18.5 Å². The molecular weight excluding hydrogens is 366 g/mol. The van der Waals surface area contributed by atoms with E-state index >= 15 is 0 Å². The Bertz CT molecular complexity index is 957. The van der Waals surface area contributed by atoms with E-state index in [1.54, 1.807) is 18.3 Å². The Hall–Kier alpha value is -2.70. The molecule has 0 spiro atoms. The molecule has 1 saturated carbocycles. The van der Waals surface area contributed by atoms with E-state index in [-0.39, 0.29) is 17.0 Å². The van der Waals surface area contributed by atoms with Gasteiger partial charge in [-0.05, 0) is 49.9 Å². The largest absolute Gasteiger partial charge is 0.334 e. The minimum atomic E-state index is -3.78. The number of hydrogen-bond donors (Lipinski definition) is 2. The number of nitriles is 1. The third-order valence-electron chi connectivity index (χ3n) is 4.78. The van der Waals surface area contributed by atoms with Crippen LogP contribution in [0.3, 0.4) is 0 Å². The van der Waals surface area contributed by atoms with Crippen LogP contribution in [0.4, 0.5) is 0 Å². The van der Waals surface area contributed by atoms with Gasteiger partial charge < -0.3 is 5.32 Å². The van der Waals surface area contributed by atoms with Crippen molar-refractivity contribution in [1.82, 2.24) is 19.8 Å². The highest BCUT2D eigenvalue weighted by molar-refractivity contribution is 7.89. The van der Waals surface area contributed by atoms with Crippen molar-refractivity contribution in [3.8, 4) is 6.07 Å². The second-order valence-electron chi connectivity index (χ2n) is 6.73. The molecular formula is C18H21N5O3S. The molecule has 2 N–H and O–H groups in total. The predicted molar refractivity (Wildman–Crippen MR) is 98.0 cm³/mol. The van der Waals surface area contributed by atoms with Gasteiger partial charge in [0.2, 0.25) is 10.0 Å². The van der Waals surface area contributed by atoms with Gasteiger partial charge in [0.1, 0.15) is 5.54 Å². The average molecular weight is 387 g/mol. The monoisotopic (exact) mass is 387 g/mol.